The quantitative estimate of drug-likeness (QED) is 0.765. The van der Waals surface area contributed by atoms with Crippen molar-refractivity contribution in [3.8, 4) is 0 Å². The van der Waals surface area contributed by atoms with E-state index >= 15 is 0 Å². The van der Waals surface area contributed by atoms with Gasteiger partial charge in [-0.15, -0.1) is 0 Å². The largest absolute Gasteiger partial charge is 0.444 e. The van der Waals surface area contributed by atoms with Gasteiger partial charge in [-0.25, -0.2) is 9.18 Å². The van der Waals surface area contributed by atoms with Crippen molar-refractivity contribution < 1.29 is 13.9 Å². The number of ether oxygens (including phenoxy) is 1. The predicted molar refractivity (Wildman–Crippen MR) is 98.7 cm³/mol. The summed E-state index contributed by atoms with van der Waals surface area (Å²) in [6.45, 7) is 7.00. The molecule has 1 aliphatic rings. The van der Waals surface area contributed by atoms with Gasteiger partial charge in [0.1, 0.15) is 17.1 Å². The van der Waals surface area contributed by atoms with Crippen LogP contribution in [0.5, 0.6) is 0 Å². The highest BCUT2D eigenvalue weighted by Gasteiger charge is 2.29. The molecular formula is C18H20BrFN2O3. The van der Waals surface area contributed by atoms with Crippen molar-refractivity contribution in [3.05, 3.63) is 38.3 Å². The molecule has 0 bridgehead atoms. The van der Waals surface area contributed by atoms with Crippen LogP contribution in [0, 0.1) is 12.7 Å². The fraction of sp³-hybridized carbons (Fsp3) is 0.444. The third-order valence-corrected chi connectivity index (χ3v) is 4.96. The molecular weight excluding hydrogens is 391 g/mol. The summed E-state index contributed by atoms with van der Waals surface area (Å²) in [5, 5.41) is 3.07. The van der Waals surface area contributed by atoms with Gasteiger partial charge < -0.3 is 9.30 Å². The minimum Gasteiger partial charge on any atom is -0.444 e. The van der Waals surface area contributed by atoms with Crippen LogP contribution >= 0.6 is 15.9 Å². The number of halogens is 2. The molecule has 5 nitrogen and oxygen atoms in total. The maximum atomic E-state index is 14.1. The first-order valence-electron chi connectivity index (χ1n) is 8.12. The third-order valence-electron chi connectivity index (χ3n) is 3.99. The lowest BCUT2D eigenvalue weighted by Gasteiger charge is -2.20. The molecule has 0 aliphatic heterocycles. The topological polar surface area (TPSA) is 60.3 Å². The van der Waals surface area contributed by atoms with Gasteiger partial charge in [0.2, 0.25) is 0 Å². The lowest BCUT2D eigenvalue weighted by Crippen LogP contribution is -2.31. The minimum atomic E-state index is -0.708. The monoisotopic (exact) mass is 410 g/mol. The Morgan fingerprint density at radius 1 is 1.36 bits per heavy atom. The molecule has 1 N–H and O–H groups in total. The first-order valence-corrected chi connectivity index (χ1v) is 8.91. The molecule has 1 fully saturated rings. The maximum Gasteiger partial charge on any atom is 0.412 e. The van der Waals surface area contributed by atoms with E-state index in [1.165, 1.54) is 12.1 Å². The normalized spacial score (nSPS) is 14.6. The van der Waals surface area contributed by atoms with E-state index < -0.39 is 17.5 Å². The number of hydrogen-bond acceptors (Lipinski definition) is 3. The standard InChI is InChI=1S/C18H20BrFN2O3/c1-9-14(19)12(20)7-10-8-13(21-17(24)25-18(2,3)4)16(23)22(15(9)10)11-5-6-11/h7-8,11H,5-6H2,1-4H3,(H,21,24). The summed E-state index contributed by atoms with van der Waals surface area (Å²) in [4.78, 5) is 24.9. The number of nitrogens with one attached hydrogen (secondary N) is 1. The summed E-state index contributed by atoms with van der Waals surface area (Å²) in [6.07, 6.45) is 1.07. The van der Waals surface area contributed by atoms with Gasteiger partial charge in [-0.05, 0) is 74.2 Å². The fourth-order valence-corrected chi connectivity index (χ4v) is 3.13. The van der Waals surface area contributed by atoms with Crippen molar-refractivity contribution in [1.82, 2.24) is 4.57 Å². The van der Waals surface area contributed by atoms with Crippen LogP contribution in [0.15, 0.2) is 21.4 Å². The van der Waals surface area contributed by atoms with E-state index in [0.717, 1.165) is 12.8 Å². The Bertz CT molecular complexity index is 927. The average molecular weight is 411 g/mol. The van der Waals surface area contributed by atoms with Crippen molar-refractivity contribution in [2.75, 3.05) is 5.32 Å². The van der Waals surface area contributed by atoms with Crippen LogP contribution in [0.1, 0.15) is 45.2 Å². The molecule has 0 atom stereocenters. The molecule has 0 unspecified atom stereocenters. The Kier molecular flexibility index (Phi) is 4.39. The molecule has 1 aliphatic carbocycles. The SMILES string of the molecule is Cc1c(Br)c(F)cc2cc(NC(=O)OC(C)(C)C)c(=O)n(C3CC3)c12. The van der Waals surface area contributed by atoms with Crippen molar-refractivity contribution in [2.24, 2.45) is 0 Å². The Balaban J connectivity index is 2.15. The van der Waals surface area contributed by atoms with Gasteiger partial charge in [-0.3, -0.25) is 10.1 Å². The molecule has 25 heavy (non-hydrogen) atoms. The van der Waals surface area contributed by atoms with Gasteiger partial charge in [-0.1, -0.05) is 0 Å². The van der Waals surface area contributed by atoms with Gasteiger partial charge in [0, 0.05) is 11.4 Å². The lowest BCUT2D eigenvalue weighted by molar-refractivity contribution is 0.0635. The molecule has 1 aromatic carbocycles. The van der Waals surface area contributed by atoms with Crippen LogP contribution in [0.2, 0.25) is 0 Å². The van der Waals surface area contributed by atoms with Gasteiger partial charge in [0.15, 0.2) is 0 Å². The highest BCUT2D eigenvalue weighted by molar-refractivity contribution is 9.10. The number of hydrogen-bond donors (Lipinski definition) is 1. The van der Waals surface area contributed by atoms with Gasteiger partial charge >= 0.3 is 6.09 Å². The van der Waals surface area contributed by atoms with E-state index in [-0.39, 0.29) is 17.3 Å². The van der Waals surface area contributed by atoms with Crippen LogP contribution in [0.4, 0.5) is 14.9 Å². The molecule has 1 aromatic heterocycles. The Labute approximate surface area is 153 Å². The van der Waals surface area contributed by atoms with E-state index in [0.29, 0.717) is 20.9 Å². The Hall–Kier alpha value is -1.89. The molecule has 1 heterocycles. The number of nitrogens with zero attached hydrogens (tertiary/aromatic N) is 1. The van der Waals surface area contributed by atoms with E-state index in [1.54, 1.807) is 32.3 Å². The molecule has 0 radical (unpaired) electrons. The Morgan fingerprint density at radius 2 is 2.00 bits per heavy atom. The second-order valence-electron chi connectivity index (χ2n) is 7.33. The molecule has 2 aromatic rings. The summed E-state index contributed by atoms with van der Waals surface area (Å²) < 4.78 is 21.3. The van der Waals surface area contributed by atoms with Crippen LogP contribution in [0.3, 0.4) is 0 Å². The highest BCUT2D eigenvalue weighted by Crippen LogP contribution is 2.39. The lowest BCUT2D eigenvalue weighted by atomic mass is 10.1. The zero-order chi connectivity index (χ0) is 18.5. The van der Waals surface area contributed by atoms with Crippen molar-refractivity contribution in [2.45, 2.75) is 52.2 Å². The minimum absolute atomic E-state index is 0.0754. The number of anilines is 1. The molecule has 1 amide bonds. The van der Waals surface area contributed by atoms with Crippen LogP contribution in [0.25, 0.3) is 10.9 Å². The van der Waals surface area contributed by atoms with Gasteiger partial charge in [-0.2, -0.15) is 0 Å². The molecule has 1 saturated carbocycles. The van der Waals surface area contributed by atoms with E-state index in [9.17, 15) is 14.0 Å². The molecule has 0 spiro atoms. The van der Waals surface area contributed by atoms with Crippen LogP contribution in [-0.4, -0.2) is 16.3 Å². The van der Waals surface area contributed by atoms with Crippen molar-refractivity contribution in [1.29, 1.82) is 0 Å². The van der Waals surface area contributed by atoms with Gasteiger partial charge in [0.25, 0.3) is 5.56 Å². The predicted octanol–water partition coefficient (Wildman–Crippen LogP) is 4.89. The number of carbonyl (C=O) groups excluding carboxylic acids is 1. The number of carbonyl (C=O) groups is 1. The van der Waals surface area contributed by atoms with E-state index in [2.05, 4.69) is 21.2 Å². The van der Waals surface area contributed by atoms with Crippen molar-refractivity contribution >= 4 is 38.6 Å². The van der Waals surface area contributed by atoms with Gasteiger partial charge in [0.05, 0.1) is 9.99 Å². The number of rotatable bonds is 2. The summed E-state index contributed by atoms with van der Waals surface area (Å²) in [7, 11) is 0. The van der Waals surface area contributed by atoms with E-state index in [1.807, 2.05) is 0 Å². The average Bonchev–Trinajstić information content (AvgIpc) is 3.29. The van der Waals surface area contributed by atoms with Crippen LogP contribution < -0.4 is 10.9 Å². The zero-order valence-corrected chi connectivity index (χ0v) is 16.2. The second-order valence-corrected chi connectivity index (χ2v) is 8.12. The number of aromatic nitrogens is 1. The number of aryl methyl sites for hydroxylation is 1. The smallest absolute Gasteiger partial charge is 0.412 e. The molecule has 3 rings (SSSR count). The Morgan fingerprint density at radius 3 is 2.56 bits per heavy atom. The molecule has 134 valence electrons. The first kappa shape index (κ1) is 17.9. The van der Waals surface area contributed by atoms with Crippen LogP contribution in [-0.2, 0) is 4.74 Å². The molecule has 0 saturated heterocycles. The summed E-state index contributed by atoms with van der Waals surface area (Å²) in [5.74, 6) is -0.408. The summed E-state index contributed by atoms with van der Waals surface area (Å²) in [5.41, 5.74) is 0.472. The van der Waals surface area contributed by atoms with Crippen molar-refractivity contribution in [3.63, 3.8) is 0 Å². The molecule has 7 heteroatoms. The zero-order valence-electron chi connectivity index (χ0n) is 14.6. The third kappa shape index (κ3) is 3.56. The number of pyridine rings is 1. The summed E-state index contributed by atoms with van der Waals surface area (Å²) in [6, 6.07) is 2.94. The highest BCUT2D eigenvalue weighted by atomic mass is 79.9. The fourth-order valence-electron chi connectivity index (χ4n) is 2.83. The first-order chi connectivity index (χ1) is 11.6. The number of amides is 1. The number of fused-ring (bicyclic) bond motifs is 1. The van der Waals surface area contributed by atoms with E-state index in [4.69, 9.17) is 4.74 Å². The number of benzene rings is 1. The maximum absolute atomic E-state index is 14.1. The second kappa shape index (κ2) is 6.12. The summed E-state index contributed by atoms with van der Waals surface area (Å²) >= 11 is 3.24.